The first kappa shape index (κ1) is 20.2. The number of benzene rings is 1. The summed E-state index contributed by atoms with van der Waals surface area (Å²) >= 11 is 0. The summed E-state index contributed by atoms with van der Waals surface area (Å²) in [5.74, 6) is -0.606. The fourth-order valence-electron chi connectivity index (χ4n) is 2.41. The molecule has 0 aromatic heterocycles. The SMILES string of the molecule is COC(=O)[C@H](Cc1ccc(S(=O)(=O)C2CC2)cc1)NC(=O)OC(C)(C)C. The summed E-state index contributed by atoms with van der Waals surface area (Å²) in [5, 5.41) is 2.22. The fraction of sp³-hybridized carbons (Fsp3) is 0.556. The minimum absolute atomic E-state index is 0.162. The predicted molar refractivity (Wildman–Crippen MR) is 95.5 cm³/mol. The summed E-state index contributed by atoms with van der Waals surface area (Å²) in [7, 11) is -2.02. The predicted octanol–water partition coefficient (Wildman–Crippen LogP) is 2.23. The Bertz CT molecular complexity index is 760. The van der Waals surface area contributed by atoms with Gasteiger partial charge in [0.2, 0.25) is 0 Å². The van der Waals surface area contributed by atoms with E-state index in [9.17, 15) is 18.0 Å². The highest BCUT2D eigenvalue weighted by atomic mass is 32.2. The minimum atomic E-state index is -3.25. The van der Waals surface area contributed by atoms with Crippen molar-refractivity contribution in [2.45, 2.75) is 61.8 Å². The third kappa shape index (κ3) is 5.45. The summed E-state index contributed by atoms with van der Waals surface area (Å²) in [4.78, 5) is 24.2. The van der Waals surface area contributed by atoms with Crippen molar-refractivity contribution in [3.05, 3.63) is 29.8 Å². The van der Waals surface area contributed by atoms with E-state index >= 15 is 0 Å². The monoisotopic (exact) mass is 383 g/mol. The molecule has 7 nitrogen and oxygen atoms in total. The molecule has 144 valence electrons. The number of hydrogen-bond donors (Lipinski definition) is 1. The molecule has 0 spiro atoms. The van der Waals surface area contributed by atoms with E-state index in [0.717, 1.165) is 0 Å². The van der Waals surface area contributed by atoms with Gasteiger partial charge in [-0.15, -0.1) is 0 Å². The van der Waals surface area contributed by atoms with Crippen LogP contribution < -0.4 is 5.32 Å². The van der Waals surface area contributed by atoms with E-state index in [1.807, 2.05) is 0 Å². The molecule has 1 N–H and O–H groups in total. The van der Waals surface area contributed by atoms with Gasteiger partial charge in [0.25, 0.3) is 0 Å². The van der Waals surface area contributed by atoms with Crippen LogP contribution in [-0.2, 0) is 30.5 Å². The Kier molecular flexibility index (Phi) is 5.95. The first-order valence-electron chi connectivity index (χ1n) is 8.43. The molecule has 1 aliphatic rings. The normalized spacial score (nSPS) is 15.8. The van der Waals surface area contributed by atoms with E-state index in [1.165, 1.54) is 19.2 Å². The van der Waals surface area contributed by atoms with Gasteiger partial charge in [-0.1, -0.05) is 12.1 Å². The standard InChI is InChI=1S/C18H25NO6S/c1-18(2,3)25-17(21)19-15(16(20)24-4)11-12-5-7-13(8-6-12)26(22,23)14-9-10-14/h5-8,14-15H,9-11H2,1-4H3,(H,19,21)/t15-/m0/s1. The van der Waals surface area contributed by atoms with Gasteiger partial charge in [-0.05, 0) is 51.3 Å². The van der Waals surface area contributed by atoms with Crippen molar-refractivity contribution in [2.24, 2.45) is 0 Å². The van der Waals surface area contributed by atoms with Crippen LogP contribution in [0, 0.1) is 0 Å². The lowest BCUT2D eigenvalue weighted by Crippen LogP contribution is -2.45. The summed E-state index contributed by atoms with van der Waals surface area (Å²) in [6.07, 6.45) is 0.846. The van der Waals surface area contributed by atoms with Gasteiger partial charge in [-0.25, -0.2) is 18.0 Å². The van der Waals surface area contributed by atoms with Crippen molar-refractivity contribution in [3.8, 4) is 0 Å². The molecule has 8 heteroatoms. The van der Waals surface area contributed by atoms with Gasteiger partial charge in [-0.2, -0.15) is 0 Å². The lowest BCUT2D eigenvalue weighted by Gasteiger charge is -2.22. The van der Waals surface area contributed by atoms with Gasteiger partial charge in [-0.3, -0.25) is 0 Å². The van der Waals surface area contributed by atoms with E-state index in [4.69, 9.17) is 9.47 Å². The number of nitrogens with one attached hydrogen (secondary N) is 1. The number of ether oxygens (including phenoxy) is 2. The van der Waals surface area contributed by atoms with E-state index in [2.05, 4.69) is 5.32 Å². The number of carbonyl (C=O) groups is 2. The molecule has 0 radical (unpaired) electrons. The summed E-state index contributed by atoms with van der Waals surface area (Å²) < 4.78 is 34.3. The van der Waals surface area contributed by atoms with Crippen LogP contribution in [0.1, 0.15) is 39.2 Å². The first-order chi connectivity index (χ1) is 12.0. The second-order valence-electron chi connectivity index (χ2n) is 7.31. The van der Waals surface area contributed by atoms with Crippen molar-refractivity contribution in [1.82, 2.24) is 5.32 Å². The smallest absolute Gasteiger partial charge is 0.408 e. The topological polar surface area (TPSA) is 98.8 Å². The van der Waals surface area contributed by atoms with Crippen LogP contribution in [0.25, 0.3) is 0 Å². The molecule has 1 aliphatic carbocycles. The lowest BCUT2D eigenvalue weighted by atomic mass is 10.1. The van der Waals surface area contributed by atoms with E-state index < -0.39 is 33.5 Å². The van der Waals surface area contributed by atoms with Gasteiger partial charge in [0.05, 0.1) is 17.3 Å². The van der Waals surface area contributed by atoms with Crippen molar-refractivity contribution < 1.29 is 27.5 Å². The average molecular weight is 383 g/mol. The Balaban J connectivity index is 2.08. The molecule has 1 atom stereocenters. The summed E-state index contributed by atoms with van der Waals surface area (Å²) in [5.41, 5.74) is 0.00929. The maximum Gasteiger partial charge on any atom is 0.408 e. The number of esters is 1. The van der Waals surface area contributed by atoms with Gasteiger partial charge < -0.3 is 14.8 Å². The van der Waals surface area contributed by atoms with Crippen LogP contribution in [-0.4, -0.2) is 44.5 Å². The molecule has 1 saturated carbocycles. The Hall–Kier alpha value is -2.09. The number of amides is 1. The number of alkyl carbamates (subject to hydrolysis) is 1. The van der Waals surface area contributed by atoms with Crippen LogP contribution in [0.4, 0.5) is 4.79 Å². The Morgan fingerprint density at radius 2 is 1.77 bits per heavy atom. The second kappa shape index (κ2) is 7.65. The number of sulfone groups is 1. The molecule has 1 aromatic carbocycles. The molecule has 0 bridgehead atoms. The van der Waals surface area contributed by atoms with E-state index in [0.29, 0.717) is 18.4 Å². The van der Waals surface area contributed by atoms with Crippen molar-refractivity contribution in [3.63, 3.8) is 0 Å². The maximum atomic E-state index is 12.2. The second-order valence-corrected chi connectivity index (χ2v) is 9.54. The highest BCUT2D eigenvalue weighted by Crippen LogP contribution is 2.33. The van der Waals surface area contributed by atoms with Gasteiger partial charge in [0.15, 0.2) is 9.84 Å². The fourth-order valence-corrected chi connectivity index (χ4v) is 4.06. The average Bonchev–Trinajstić information content (AvgIpc) is 3.37. The van der Waals surface area contributed by atoms with Crippen LogP contribution in [0.2, 0.25) is 0 Å². The zero-order chi connectivity index (χ0) is 19.5. The number of carbonyl (C=O) groups excluding carboxylic acids is 2. The van der Waals surface area contributed by atoms with Gasteiger partial charge in [0, 0.05) is 6.42 Å². The molecule has 0 heterocycles. The minimum Gasteiger partial charge on any atom is -0.467 e. The first-order valence-corrected chi connectivity index (χ1v) is 9.98. The summed E-state index contributed by atoms with van der Waals surface area (Å²) in [6.45, 7) is 5.16. The molecule has 0 unspecified atom stereocenters. The van der Waals surface area contributed by atoms with E-state index in [-0.39, 0.29) is 16.6 Å². The lowest BCUT2D eigenvalue weighted by molar-refractivity contribution is -0.143. The Morgan fingerprint density at radius 1 is 1.19 bits per heavy atom. The molecule has 0 saturated heterocycles. The molecule has 1 amide bonds. The van der Waals surface area contributed by atoms with Crippen LogP contribution in [0.15, 0.2) is 29.2 Å². The van der Waals surface area contributed by atoms with Crippen LogP contribution in [0.3, 0.4) is 0 Å². The molecule has 1 fully saturated rings. The third-order valence-electron chi connectivity index (χ3n) is 3.83. The Morgan fingerprint density at radius 3 is 2.23 bits per heavy atom. The maximum absolute atomic E-state index is 12.2. The van der Waals surface area contributed by atoms with Crippen molar-refractivity contribution in [2.75, 3.05) is 7.11 Å². The van der Waals surface area contributed by atoms with Crippen LogP contribution in [0.5, 0.6) is 0 Å². The van der Waals surface area contributed by atoms with Crippen LogP contribution >= 0.6 is 0 Å². The zero-order valence-electron chi connectivity index (χ0n) is 15.4. The molecule has 26 heavy (non-hydrogen) atoms. The molecule has 0 aliphatic heterocycles. The highest BCUT2D eigenvalue weighted by molar-refractivity contribution is 7.92. The molecule has 1 aromatic rings. The van der Waals surface area contributed by atoms with Crippen molar-refractivity contribution in [1.29, 1.82) is 0 Å². The van der Waals surface area contributed by atoms with Crippen molar-refractivity contribution >= 4 is 21.9 Å². The number of methoxy groups -OCH3 is 1. The molecular formula is C18H25NO6S. The Labute approximate surface area is 154 Å². The molecular weight excluding hydrogens is 358 g/mol. The zero-order valence-corrected chi connectivity index (χ0v) is 16.3. The van der Waals surface area contributed by atoms with Gasteiger partial charge >= 0.3 is 12.1 Å². The third-order valence-corrected chi connectivity index (χ3v) is 6.11. The largest absolute Gasteiger partial charge is 0.467 e. The quantitative estimate of drug-likeness (QED) is 0.757. The number of rotatable bonds is 6. The van der Waals surface area contributed by atoms with E-state index in [1.54, 1.807) is 32.9 Å². The van der Waals surface area contributed by atoms with Gasteiger partial charge in [0.1, 0.15) is 11.6 Å². The molecule has 2 rings (SSSR count). The summed E-state index contributed by atoms with van der Waals surface area (Å²) in [6, 6.07) is 5.42. The highest BCUT2D eigenvalue weighted by Gasteiger charge is 2.36. The number of hydrogen-bond acceptors (Lipinski definition) is 6.